The standard InChI is InChI=1S/C30H54BO5P/c1-2-3-4-5-6-7-8-9-10-11-12-13-14-15-19-24-33-25-20-26-35-37(32,29-34-27-23-31)36-28-30-21-17-16-18-22-30/h16-18,21-22H,2-15,19-20,23-29H2,1H3. The van der Waals surface area contributed by atoms with E-state index in [1.807, 2.05) is 30.3 Å². The van der Waals surface area contributed by atoms with Gasteiger partial charge in [0.2, 0.25) is 0 Å². The summed E-state index contributed by atoms with van der Waals surface area (Å²) in [6.07, 6.45) is 21.4. The highest BCUT2D eigenvalue weighted by Gasteiger charge is 2.25. The first-order valence-electron chi connectivity index (χ1n) is 15.0. The zero-order valence-electron chi connectivity index (χ0n) is 23.7. The molecule has 37 heavy (non-hydrogen) atoms. The average Bonchev–Trinajstić information content (AvgIpc) is 2.92. The Labute approximate surface area is 229 Å². The number of hydrogen-bond donors (Lipinski definition) is 0. The van der Waals surface area contributed by atoms with E-state index in [-0.39, 0.29) is 13.0 Å². The number of ether oxygens (including phenoxy) is 2. The van der Waals surface area contributed by atoms with Crippen molar-refractivity contribution in [3.63, 3.8) is 0 Å². The van der Waals surface area contributed by atoms with Gasteiger partial charge in [-0.2, -0.15) is 0 Å². The minimum atomic E-state index is -3.34. The fourth-order valence-electron chi connectivity index (χ4n) is 4.16. The molecule has 0 aliphatic heterocycles. The third-order valence-corrected chi connectivity index (χ3v) is 7.99. The lowest BCUT2D eigenvalue weighted by atomic mass is 10.0. The van der Waals surface area contributed by atoms with Crippen molar-refractivity contribution in [3.8, 4) is 0 Å². The lowest BCUT2D eigenvalue weighted by molar-refractivity contribution is 0.101. The molecule has 0 N–H and O–H groups in total. The predicted octanol–water partition coefficient (Wildman–Crippen LogP) is 9.25. The van der Waals surface area contributed by atoms with Gasteiger partial charge in [0.25, 0.3) is 0 Å². The van der Waals surface area contributed by atoms with E-state index < -0.39 is 7.60 Å². The maximum absolute atomic E-state index is 13.0. The van der Waals surface area contributed by atoms with E-state index in [1.54, 1.807) is 0 Å². The minimum absolute atomic E-state index is 0.0863. The second kappa shape index (κ2) is 25.6. The van der Waals surface area contributed by atoms with Crippen molar-refractivity contribution in [2.45, 2.75) is 123 Å². The van der Waals surface area contributed by atoms with Gasteiger partial charge in [0.15, 0.2) is 0 Å². The van der Waals surface area contributed by atoms with Crippen molar-refractivity contribution in [2.75, 3.05) is 32.8 Å². The Hall–Kier alpha value is -0.645. The van der Waals surface area contributed by atoms with Crippen LogP contribution >= 0.6 is 7.60 Å². The van der Waals surface area contributed by atoms with Gasteiger partial charge in [-0.15, -0.1) is 0 Å². The molecule has 7 heteroatoms. The van der Waals surface area contributed by atoms with Crippen LogP contribution in [0.1, 0.15) is 115 Å². The third-order valence-electron chi connectivity index (χ3n) is 6.40. The lowest BCUT2D eigenvalue weighted by Crippen LogP contribution is -2.07. The molecular weight excluding hydrogens is 482 g/mol. The summed E-state index contributed by atoms with van der Waals surface area (Å²) in [7, 11) is 2.12. The highest BCUT2D eigenvalue weighted by molar-refractivity contribution is 7.53. The van der Waals surface area contributed by atoms with E-state index in [9.17, 15) is 4.57 Å². The molecule has 0 spiro atoms. The van der Waals surface area contributed by atoms with Crippen molar-refractivity contribution >= 4 is 15.4 Å². The van der Waals surface area contributed by atoms with Crippen LogP contribution in [-0.4, -0.2) is 40.6 Å². The third kappa shape index (κ3) is 21.9. The summed E-state index contributed by atoms with van der Waals surface area (Å²) >= 11 is 0. The molecule has 0 aromatic heterocycles. The Kier molecular flexibility index (Phi) is 23.8. The minimum Gasteiger partial charge on any atom is -0.381 e. The molecule has 1 rings (SSSR count). The van der Waals surface area contributed by atoms with E-state index in [0.29, 0.717) is 32.6 Å². The van der Waals surface area contributed by atoms with Crippen molar-refractivity contribution in [1.29, 1.82) is 0 Å². The largest absolute Gasteiger partial charge is 0.381 e. The fourth-order valence-corrected chi connectivity index (χ4v) is 5.49. The molecule has 2 radical (unpaired) electrons. The first-order valence-corrected chi connectivity index (χ1v) is 16.7. The Morgan fingerprint density at radius 3 is 1.73 bits per heavy atom. The topological polar surface area (TPSA) is 54.0 Å². The number of rotatable bonds is 28. The summed E-state index contributed by atoms with van der Waals surface area (Å²) in [6, 6.07) is 9.63. The zero-order valence-corrected chi connectivity index (χ0v) is 24.6. The van der Waals surface area contributed by atoms with Crippen molar-refractivity contribution < 1.29 is 23.1 Å². The highest BCUT2D eigenvalue weighted by Crippen LogP contribution is 2.49. The van der Waals surface area contributed by atoms with Crippen LogP contribution in [0.4, 0.5) is 0 Å². The van der Waals surface area contributed by atoms with Crippen LogP contribution in [-0.2, 0) is 29.7 Å². The van der Waals surface area contributed by atoms with E-state index in [0.717, 1.165) is 18.6 Å². The smallest absolute Gasteiger partial charge is 0.356 e. The van der Waals surface area contributed by atoms with Crippen LogP contribution < -0.4 is 0 Å². The van der Waals surface area contributed by atoms with E-state index >= 15 is 0 Å². The van der Waals surface area contributed by atoms with Crippen molar-refractivity contribution in [1.82, 2.24) is 0 Å². The Balaban J connectivity index is 1.94. The zero-order chi connectivity index (χ0) is 26.7. The molecule has 1 unspecified atom stereocenters. The van der Waals surface area contributed by atoms with Crippen LogP contribution in [0, 0.1) is 0 Å². The van der Waals surface area contributed by atoms with Crippen LogP contribution in [0.2, 0.25) is 6.32 Å². The lowest BCUT2D eigenvalue weighted by Gasteiger charge is -2.19. The molecule has 0 fully saturated rings. The SMILES string of the molecule is [B]CCOCP(=O)(OCCCOCCCCCCCCCCCCCCCCC)OCc1ccccc1. The molecule has 0 bridgehead atoms. The molecule has 0 saturated carbocycles. The molecule has 1 atom stereocenters. The van der Waals surface area contributed by atoms with Crippen molar-refractivity contribution in [3.05, 3.63) is 35.9 Å². The number of unbranched alkanes of at least 4 members (excludes halogenated alkanes) is 14. The Morgan fingerprint density at radius 1 is 0.622 bits per heavy atom. The van der Waals surface area contributed by atoms with Gasteiger partial charge in [0, 0.05) is 19.8 Å². The monoisotopic (exact) mass is 536 g/mol. The summed E-state index contributed by atoms with van der Waals surface area (Å²) in [5, 5.41) is 0. The Morgan fingerprint density at radius 2 is 1.16 bits per heavy atom. The maximum atomic E-state index is 13.0. The van der Waals surface area contributed by atoms with Gasteiger partial charge in [-0.3, -0.25) is 4.57 Å². The summed E-state index contributed by atoms with van der Waals surface area (Å²) in [5.41, 5.74) is 0.942. The predicted molar refractivity (Wildman–Crippen MR) is 157 cm³/mol. The van der Waals surface area contributed by atoms with Gasteiger partial charge < -0.3 is 18.5 Å². The van der Waals surface area contributed by atoms with E-state index in [1.165, 1.54) is 89.9 Å². The first kappa shape index (κ1) is 34.4. The number of hydrogen-bond acceptors (Lipinski definition) is 5. The number of benzene rings is 1. The van der Waals surface area contributed by atoms with Crippen molar-refractivity contribution in [2.24, 2.45) is 0 Å². The average molecular weight is 537 g/mol. The summed E-state index contributed by atoms with van der Waals surface area (Å²) < 4.78 is 35.3. The van der Waals surface area contributed by atoms with Gasteiger partial charge in [0.05, 0.1) is 21.1 Å². The second-order valence-corrected chi connectivity index (χ2v) is 11.9. The summed E-state index contributed by atoms with van der Waals surface area (Å²) in [6.45, 7) is 4.52. The molecule has 212 valence electrons. The normalized spacial score (nSPS) is 13.1. The highest BCUT2D eigenvalue weighted by atomic mass is 31.2. The van der Waals surface area contributed by atoms with E-state index in [2.05, 4.69) is 6.92 Å². The van der Waals surface area contributed by atoms with Crippen LogP contribution in [0.15, 0.2) is 30.3 Å². The van der Waals surface area contributed by atoms with Crippen LogP contribution in [0.3, 0.4) is 0 Å². The Bertz CT molecular complexity index is 646. The fraction of sp³-hybridized carbons (Fsp3) is 0.800. The molecule has 0 amide bonds. The molecule has 1 aromatic rings. The molecule has 0 heterocycles. The van der Waals surface area contributed by atoms with E-state index in [4.69, 9.17) is 26.4 Å². The molecule has 0 aliphatic rings. The summed E-state index contributed by atoms with van der Waals surface area (Å²) in [4.78, 5) is 0. The molecule has 0 saturated heterocycles. The first-order chi connectivity index (χ1) is 18.2. The second-order valence-electron chi connectivity index (χ2n) is 9.94. The molecule has 5 nitrogen and oxygen atoms in total. The van der Waals surface area contributed by atoms with Gasteiger partial charge in [0.1, 0.15) is 6.35 Å². The molecule has 1 aromatic carbocycles. The van der Waals surface area contributed by atoms with Gasteiger partial charge in [-0.1, -0.05) is 133 Å². The van der Waals surface area contributed by atoms with Crippen LogP contribution in [0.25, 0.3) is 0 Å². The molecular formula is C30H54BO5P. The van der Waals surface area contributed by atoms with Gasteiger partial charge in [-0.05, 0) is 18.4 Å². The van der Waals surface area contributed by atoms with Gasteiger partial charge >= 0.3 is 7.60 Å². The van der Waals surface area contributed by atoms with Crippen LogP contribution in [0.5, 0.6) is 0 Å². The quantitative estimate of drug-likeness (QED) is 0.0607. The maximum Gasteiger partial charge on any atom is 0.356 e. The molecule has 0 aliphatic carbocycles. The van der Waals surface area contributed by atoms with Gasteiger partial charge in [-0.25, -0.2) is 0 Å². The summed E-state index contributed by atoms with van der Waals surface area (Å²) in [5.74, 6) is 0.